The second kappa shape index (κ2) is 6.72. The lowest BCUT2D eigenvalue weighted by atomic mass is 10.4. The molecule has 2 aromatic rings. The van der Waals surface area contributed by atoms with Crippen LogP contribution in [-0.2, 0) is 16.1 Å². The number of carbonyl (C=O) groups excluding carboxylic acids is 1. The molecule has 0 unspecified atom stereocenters. The molecule has 0 aliphatic rings. The molecule has 0 spiro atoms. The second-order valence-corrected chi connectivity index (χ2v) is 5.54. The Morgan fingerprint density at radius 1 is 1.62 bits per heavy atom. The van der Waals surface area contributed by atoms with E-state index in [1.165, 1.54) is 10.9 Å². The number of aromatic nitrogens is 4. The highest BCUT2D eigenvalue weighted by atomic mass is 32.2. The summed E-state index contributed by atoms with van der Waals surface area (Å²) in [4.78, 5) is 30.4. The zero-order valence-corrected chi connectivity index (χ0v) is 12.5. The zero-order valence-electron chi connectivity index (χ0n) is 11.7. The summed E-state index contributed by atoms with van der Waals surface area (Å²) >= 11 is 1.11. The highest BCUT2D eigenvalue weighted by Gasteiger charge is 2.18. The predicted molar refractivity (Wildman–Crippen MR) is 77.2 cm³/mol. The number of carbonyl (C=O) groups is 1. The molecule has 8 nitrogen and oxygen atoms in total. The van der Waals surface area contributed by atoms with Crippen LogP contribution in [0.1, 0.15) is 13.8 Å². The van der Waals surface area contributed by atoms with Crippen LogP contribution in [0.4, 0.5) is 0 Å². The summed E-state index contributed by atoms with van der Waals surface area (Å²) in [6.45, 7) is 3.85. The Kier molecular flexibility index (Phi) is 4.97. The van der Waals surface area contributed by atoms with Crippen molar-refractivity contribution < 1.29 is 14.6 Å². The van der Waals surface area contributed by atoms with Crippen molar-refractivity contribution in [2.45, 2.75) is 30.8 Å². The van der Waals surface area contributed by atoms with Crippen LogP contribution >= 0.6 is 11.8 Å². The van der Waals surface area contributed by atoms with Gasteiger partial charge in [0.15, 0.2) is 10.8 Å². The molecule has 0 bridgehead atoms. The standard InChI is InChI=1S/C12H16N4O4S/c1-3-20-11(19)7(2)21-12-14-9-8(10(18)15-12)6-13-16(9)4-5-17/h6-7,17H,3-5H2,1-2H3,(H,14,15,18)/t7-/m0/s1. The molecule has 2 N–H and O–H groups in total. The molecule has 0 saturated heterocycles. The van der Waals surface area contributed by atoms with Crippen LogP contribution in [0.25, 0.3) is 11.0 Å². The average molecular weight is 312 g/mol. The van der Waals surface area contributed by atoms with E-state index in [1.54, 1.807) is 13.8 Å². The number of rotatable bonds is 6. The molecular formula is C12H16N4O4S. The van der Waals surface area contributed by atoms with Gasteiger partial charge in [0.25, 0.3) is 5.56 Å². The number of H-pyrrole nitrogens is 1. The minimum atomic E-state index is -0.486. The molecule has 114 valence electrons. The van der Waals surface area contributed by atoms with Gasteiger partial charge in [0.05, 0.1) is 26.0 Å². The maximum absolute atomic E-state index is 12.0. The molecule has 2 heterocycles. The highest BCUT2D eigenvalue weighted by molar-refractivity contribution is 8.00. The average Bonchev–Trinajstić information content (AvgIpc) is 2.83. The molecule has 0 fully saturated rings. The molecule has 0 saturated carbocycles. The number of nitrogens with zero attached hydrogens (tertiary/aromatic N) is 3. The number of hydrogen-bond acceptors (Lipinski definition) is 7. The van der Waals surface area contributed by atoms with Crippen LogP contribution in [0.3, 0.4) is 0 Å². The Morgan fingerprint density at radius 3 is 3.05 bits per heavy atom. The van der Waals surface area contributed by atoms with Gasteiger partial charge in [-0.1, -0.05) is 11.8 Å². The van der Waals surface area contributed by atoms with Gasteiger partial charge in [0.1, 0.15) is 10.6 Å². The number of aliphatic hydroxyl groups excluding tert-OH is 1. The second-order valence-electron chi connectivity index (χ2n) is 4.21. The van der Waals surface area contributed by atoms with Gasteiger partial charge in [0, 0.05) is 0 Å². The first kappa shape index (κ1) is 15.5. The van der Waals surface area contributed by atoms with Gasteiger partial charge in [-0.3, -0.25) is 9.59 Å². The van der Waals surface area contributed by atoms with E-state index in [-0.39, 0.29) is 24.7 Å². The Labute approximate surface area is 124 Å². The van der Waals surface area contributed by atoms with E-state index in [1.807, 2.05) is 0 Å². The van der Waals surface area contributed by atoms with E-state index >= 15 is 0 Å². The van der Waals surface area contributed by atoms with Crippen LogP contribution < -0.4 is 5.56 Å². The topological polar surface area (TPSA) is 110 Å². The Hall–Kier alpha value is -1.87. The zero-order chi connectivity index (χ0) is 15.4. The highest BCUT2D eigenvalue weighted by Crippen LogP contribution is 2.20. The Morgan fingerprint density at radius 2 is 2.38 bits per heavy atom. The first-order valence-electron chi connectivity index (χ1n) is 6.46. The van der Waals surface area contributed by atoms with Gasteiger partial charge < -0.3 is 14.8 Å². The summed E-state index contributed by atoms with van der Waals surface area (Å²) in [5.74, 6) is -0.367. The normalized spacial score (nSPS) is 12.5. The number of aromatic amines is 1. The van der Waals surface area contributed by atoms with Crippen molar-refractivity contribution in [3.63, 3.8) is 0 Å². The molecule has 1 atom stereocenters. The third-order valence-corrected chi connectivity index (χ3v) is 3.67. The van der Waals surface area contributed by atoms with Crippen molar-refractivity contribution >= 4 is 28.8 Å². The summed E-state index contributed by atoms with van der Waals surface area (Å²) in [6, 6.07) is 0. The maximum Gasteiger partial charge on any atom is 0.319 e. The van der Waals surface area contributed by atoms with E-state index in [2.05, 4.69) is 15.1 Å². The predicted octanol–water partition coefficient (Wildman–Crippen LogP) is 0.156. The van der Waals surface area contributed by atoms with Gasteiger partial charge in [-0.05, 0) is 13.8 Å². The SMILES string of the molecule is CCOC(=O)[C@H](C)Sc1nc2c(cnn2CCO)c(=O)[nH]1. The molecular weight excluding hydrogens is 296 g/mol. The lowest BCUT2D eigenvalue weighted by molar-refractivity contribution is -0.142. The number of thioether (sulfide) groups is 1. The molecule has 0 radical (unpaired) electrons. The summed E-state index contributed by atoms with van der Waals surface area (Å²) in [5, 5.41) is 13.1. The minimum Gasteiger partial charge on any atom is -0.465 e. The smallest absolute Gasteiger partial charge is 0.319 e. The number of fused-ring (bicyclic) bond motifs is 1. The van der Waals surface area contributed by atoms with Gasteiger partial charge in [0.2, 0.25) is 0 Å². The lowest BCUT2D eigenvalue weighted by Gasteiger charge is -2.09. The van der Waals surface area contributed by atoms with Crippen molar-refractivity contribution in [2.24, 2.45) is 0 Å². The van der Waals surface area contributed by atoms with E-state index in [9.17, 15) is 9.59 Å². The summed E-state index contributed by atoms with van der Waals surface area (Å²) in [6.07, 6.45) is 1.40. The van der Waals surface area contributed by atoms with Crippen LogP contribution in [0.2, 0.25) is 0 Å². The van der Waals surface area contributed by atoms with E-state index in [0.29, 0.717) is 22.8 Å². The summed E-state index contributed by atoms with van der Waals surface area (Å²) in [5.41, 5.74) is 0.0501. The minimum absolute atomic E-state index is 0.104. The van der Waals surface area contributed by atoms with Crippen molar-refractivity contribution in [2.75, 3.05) is 13.2 Å². The Bertz CT molecular complexity index is 696. The molecule has 0 aliphatic heterocycles. The van der Waals surface area contributed by atoms with Gasteiger partial charge in [-0.15, -0.1) is 0 Å². The Balaban J connectivity index is 2.30. The van der Waals surface area contributed by atoms with Gasteiger partial charge >= 0.3 is 5.97 Å². The van der Waals surface area contributed by atoms with Crippen molar-refractivity contribution in [1.29, 1.82) is 0 Å². The monoisotopic (exact) mass is 312 g/mol. The first-order valence-corrected chi connectivity index (χ1v) is 7.34. The molecule has 0 amide bonds. The lowest BCUT2D eigenvalue weighted by Crippen LogP contribution is -2.18. The number of esters is 1. The first-order chi connectivity index (χ1) is 10.1. The van der Waals surface area contributed by atoms with E-state index in [0.717, 1.165) is 11.8 Å². The van der Waals surface area contributed by atoms with Gasteiger partial charge in [-0.25, -0.2) is 9.67 Å². The van der Waals surface area contributed by atoms with Crippen molar-refractivity contribution in [3.05, 3.63) is 16.6 Å². The number of nitrogens with one attached hydrogen (secondary N) is 1. The third-order valence-electron chi connectivity index (χ3n) is 2.70. The van der Waals surface area contributed by atoms with Crippen molar-refractivity contribution in [3.8, 4) is 0 Å². The molecule has 0 aromatic carbocycles. The van der Waals surface area contributed by atoms with Crippen LogP contribution in [-0.4, -0.2) is 49.3 Å². The fourth-order valence-corrected chi connectivity index (χ4v) is 2.52. The van der Waals surface area contributed by atoms with Gasteiger partial charge in [-0.2, -0.15) is 5.10 Å². The van der Waals surface area contributed by atoms with Crippen LogP contribution in [0, 0.1) is 0 Å². The number of hydrogen-bond donors (Lipinski definition) is 2. The molecule has 0 aliphatic carbocycles. The fourth-order valence-electron chi connectivity index (χ4n) is 1.73. The van der Waals surface area contributed by atoms with Crippen LogP contribution in [0.15, 0.2) is 16.1 Å². The molecule has 2 rings (SSSR count). The summed E-state index contributed by atoms with van der Waals surface area (Å²) < 4.78 is 6.36. The molecule has 21 heavy (non-hydrogen) atoms. The number of ether oxygens (including phenoxy) is 1. The van der Waals surface area contributed by atoms with E-state index in [4.69, 9.17) is 9.84 Å². The number of aliphatic hydroxyl groups is 1. The summed E-state index contributed by atoms with van der Waals surface area (Å²) in [7, 11) is 0. The third kappa shape index (κ3) is 3.42. The maximum atomic E-state index is 12.0. The van der Waals surface area contributed by atoms with Crippen molar-refractivity contribution in [1.82, 2.24) is 19.7 Å². The van der Waals surface area contributed by atoms with E-state index < -0.39 is 5.25 Å². The molecule has 2 aromatic heterocycles. The molecule has 9 heteroatoms. The quantitative estimate of drug-likeness (QED) is 0.444. The fraction of sp³-hybridized carbons (Fsp3) is 0.500. The largest absolute Gasteiger partial charge is 0.465 e. The van der Waals surface area contributed by atoms with Crippen LogP contribution in [0.5, 0.6) is 0 Å².